The molecule has 0 saturated heterocycles. The van der Waals surface area contributed by atoms with Crippen LogP contribution in [0.2, 0.25) is 0 Å². The van der Waals surface area contributed by atoms with Gasteiger partial charge in [-0.2, -0.15) is 0 Å². The van der Waals surface area contributed by atoms with Crippen LogP contribution in [0, 0.1) is 9.39 Å². The maximum atomic E-state index is 13.7. The van der Waals surface area contributed by atoms with Crippen LogP contribution in [0.3, 0.4) is 0 Å². The van der Waals surface area contributed by atoms with E-state index in [2.05, 4.69) is 34.5 Å². The predicted octanol–water partition coefficient (Wildman–Crippen LogP) is 3.38. The van der Waals surface area contributed by atoms with Crippen LogP contribution in [0.25, 0.3) is 0 Å². The lowest BCUT2D eigenvalue weighted by atomic mass is 9.87. The molecule has 198 valence electrons. The number of rotatable bonds is 12. The van der Waals surface area contributed by atoms with E-state index in [9.17, 15) is 19.1 Å². The van der Waals surface area contributed by atoms with Crippen LogP contribution in [-0.2, 0) is 16.0 Å². The van der Waals surface area contributed by atoms with Crippen LogP contribution >= 0.6 is 22.6 Å². The van der Waals surface area contributed by atoms with Crippen molar-refractivity contribution in [1.29, 1.82) is 0 Å². The summed E-state index contributed by atoms with van der Waals surface area (Å²) in [6.07, 6.45) is 2.34. The summed E-state index contributed by atoms with van der Waals surface area (Å²) >= 11 is 2.13. The molecule has 0 saturated carbocycles. The molecule has 1 aliphatic carbocycles. The number of nitrogens with zero attached hydrogens (tertiary/aromatic N) is 1. The highest BCUT2D eigenvalue weighted by Crippen LogP contribution is 2.30. The Bertz CT molecular complexity index is 1130. The number of hydrogen-bond donors (Lipinski definition) is 3. The van der Waals surface area contributed by atoms with Crippen LogP contribution in [0.15, 0.2) is 72.8 Å². The van der Waals surface area contributed by atoms with Crippen molar-refractivity contribution < 1.29 is 28.9 Å². The van der Waals surface area contributed by atoms with E-state index in [-0.39, 0.29) is 44.3 Å². The molecule has 3 unspecified atom stereocenters. The lowest BCUT2D eigenvalue weighted by molar-refractivity contribution is -0.138. The summed E-state index contributed by atoms with van der Waals surface area (Å²) in [4.78, 5) is 27.7. The molecule has 0 heterocycles. The van der Waals surface area contributed by atoms with Gasteiger partial charge in [0.2, 0.25) is 11.8 Å². The molecule has 2 aromatic rings. The third kappa shape index (κ3) is 8.11. The first-order chi connectivity index (χ1) is 17.8. The lowest BCUT2D eigenvalue weighted by Gasteiger charge is -2.40. The maximum absolute atomic E-state index is 13.7. The summed E-state index contributed by atoms with van der Waals surface area (Å²) in [7, 11) is 0. The molecule has 3 rings (SSSR count). The van der Waals surface area contributed by atoms with Crippen molar-refractivity contribution in [3.63, 3.8) is 0 Å². The Hall–Kier alpha value is -2.76. The van der Waals surface area contributed by atoms with E-state index >= 15 is 0 Å². The summed E-state index contributed by atoms with van der Waals surface area (Å²) in [6, 6.07) is 12.7. The molecule has 2 amide bonds. The fourth-order valence-corrected chi connectivity index (χ4v) is 4.77. The molecule has 9 heteroatoms. The predicted molar refractivity (Wildman–Crippen MR) is 147 cm³/mol. The average Bonchev–Trinajstić information content (AvgIpc) is 2.89. The van der Waals surface area contributed by atoms with E-state index in [1.807, 2.05) is 18.2 Å². The first kappa shape index (κ1) is 28.8. The first-order valence-corrected chi connectivity index (χ1v) is 13.3. The second-order valence-electron chi connectivity index (χ2n) is 8.74. The molecule has 37 heavy (non-hydrogen) atoms. The molecule has 0 radical (unpaired) electrons. The topological polar surface area (TPSA) is 99.1 Å². The molecule has 0 spiro atoms. The van der Waals surface area contributed by atoms with Crippen LogP contribution in [0.1, 0.15) is 24.8 Å². The quantitative estimate of drug-likeness (QED) is 0.249. The molecule has 1 aliphatic rings. The minimum Gasteiger partial charge on any atom is -0.482 e. The van der Waals surface area contributed by atoms with Crippen LogP contribution in [-0.4, -0.2) is 64.9 Å². The van der Waals surface area contributed by atoms with Gasteiger partial charge in [-0.15, -0.1) is 6.58 Å². The van der Waals surface area contributed by atoms with Gasteiger partial charge in [0.05, 0.1) is 16.2 Å². The SMILES string of the molecule is C=CCCC(=O)N(CCc1cccc(F)c1)C1CC(C(=O)NCCO)=CC(Oc2ccccc2I)C1O. The number of carbonyl (C=O) groups excluding carboxylic acids is 2. The van der Waals surface area contributed by atoms with E-state index in [1.54, 1.807) is 35.3 Å². The third-order valence-electron chi connectivity index (χ3n) is 6.13. The van der Waals surface area contributed by atoms with Gasteiger partial charge in [-0.1, -0.05) is 30.3 Å². The molecule has 3 N–H and O–H groups in total. The summed E-state index contributed by atoms with van der Waals surface area (Å²) in [5, 5.41) is 23.2. The minimum atomic E-state index is -1.12. The Balaban J connectivity index is 1.92. The van der Waals surface area contributed by atoms with E-state index < -0.39 is 24.2 Å². The second-order valence-corrected chi connectivity index (χ2v) is 9.90. The van der Waals surface area contributed by atoms with Crippen molar-refractivity contribution in [2.24, 2.45) is 0 Å². The smallest absolute Gasteiger partial charge is 0.247 e. The van der Waals surface area contributed by atoms with E-state index in [0.29, 0.717) is 24.2 Å². The van der Waals surface area contributed by atoms with Crippen molar-refractivity contribution in [2.75, 3.05) is 19.7 Å². The first-order valence-electron chi connectivity index (χ1n) is 12.2. The number of benzene rings is 2. The number of para-hydroxylation sites is 1. The highest BCUT2D eigenvalue weighted by Gasteiger charge is 2.40. The largest absolute Gasteiger partial charge is 0.482 e. The number of nitrogens with one attached hydrogen (secondary N) is 1. The highest BCUT2D eigenvalue weighted by molar-refractivity contribution is 14.1. The Labute approximate surface area is 230 Å². The zero-order chi connectivity index (χ0) is 26.8. The van der Waals surface area contributed by atoms with Crippen LogP contribution < -0.4 is 10.1 Å². The van der Waals surface area contributed by atoms with Gasteiger partial charge in [-0.25, -0.2) is 4.39 Å². The molecule has 0 fully saturated rings. The maximum Gasteiger partial charge on any atom is 0.247 e. The van der Waals surface area contributed by atoms with E-state index in [0.717, 1.165) is 9.13 Å². The van der Waals surface area contributed by atoms with Crippen molar-refractivity contribution in [2.45, 2.75) is 43.9 Å². The summed E-state index contributed by atoms with van der Waals surface area (Å²) in [6.45, 7) is 3.77. The summed E-state index contributed by atoms with van der Waals surface area (Å²) in [5.74, 6) is -0.420. The van der Waals surface area contributed by atoms with Crippen LogP contribution in [0.4, 0.5) is 4.39 Å². The Morgan fingerprint density at radius 1 is 1.24 bits per heavy atom. The highest BCUT2D eigenvalue weighted by atomic mass is 127. The van der Waals surface area contributed by atoms with E-state index in [1.165, 1.54) is 12.1 Å². The Morgan fingerprint density at radius 3 is 2.73 bits per heavy atom. The fourth-order valence-electron chi connectivity index (χ4n) is 4.25. The molecular formula is C28H32FIN2O5. The molecule has 0 bridgehead atoms. The zero-order valence-electron chi connectivity index (χ0n) is 20.5. The Morgan fingerprint density at radius 2 is 2.03 bits per heavy atom. The number of carbonyl (C=O) groups is 2. The molecule has 2 aromatic carbocycles. The van der Waals surface area contributed by atoms with Crippen LogP contribution in [0.5, 0.6) is 5.75 Å². The third-order valence-corrected chi connectivity index (χ3v) is 7.02. The van der Waals surface area contributed by atoms with Gasteiger partial charge in [-0.3, -0.25) is 9.59 Å². The number of ether oxygens (including phenoxy) is 1. The number of amides is 2. The van der Waals surface area contributed by atoms with Gasteiger partial charge in [0.25, 0.3) is 0 Å². The van der Waals surface area contributed by atoms with Crippen molar-refractivity contribution in [3.8, 4) is 5.75 Å². The number of aliphatic hydroxyl groups is 2. The number of aliphatic hydroxyl groups excluding tert-OH is 2. The van der Waals surface area contributed by atoms with Gasteiger partial charge < -0.3 is 25.2 Å². The van der Waals surface area contributed by atoms with Gasteiger partial charge in [0.1, 0.15) is 23.8 Å². The second kappa shape index (κ2) is 14.3. The molecule has 0 aromatic heterocycles. The molecular weight excluding hydrogens is 590 g/mol. The van der Waals surface area contributed by atoms with Crippen molar-refractivity contribution in [3.05, 3.63) is 87.8 Å². The van der Waals surface area contributed by atoms with Gasteiger partial charge in [-0.05, 0) is 71.3 Å². The van der Waals surface area contributed by atoms with Crippen molar-refractivity contribution >= 4 is 34.4 Å². The van der Waals surface area contributed by atoms with Crippen molar-refractivity contribution in [1.82, 2.24) is 10.2 Å². The number of halogens is 2. The summed E-state index contributed by atoms with van der Waals surface area (Å²) in [5.41, 5.74) is 1.07. The lowest BCUT2D eigenvalue weighted by Crippen LogP contribution is -2.55. The number of hydrogen-bond acceptors (Lipinski definition) is 5. The standard InChI is InChI=1S/C28H32FIN2O5/c1-2-3-11-26(34)32(14-12-19-7-6-8-21(29)16-19)23-17-20(28(36)31-13-15-33)18-25(27(23)35)37-24-10-5-4-9-22(24)30/h2,4-10,16,18,23,25,27,33,35H,1,3,11-15,17H2,(H,31,36). The van der Waals surface area contributed by atoms with E-state index in [4.69, 9.17) is 9.84 Å². The summed E-state index contributed by atoms with van der Waals surface area (Å²) < 4.78 is 20.7. The Kier molecular flexibility index (Phi) is 11.1. The monoisotopic (exact) mass is 622 g/mol. The number of allylic oxidation sites excluding steroid dienone is 1. The zero-order valence-corrected chi connectivity index (χ0v) is 22.6. The van der Waals surface area contributed by atoms with Gasteiger partial charge >= 0.3 is 0 Å². The van der Waals surface area contributed by atoms with Gasteiger partial charge in [0.15, 0.2) is 0 Å². The average molecular weight is 622 g/mol. The molecule has 3 atom stereocenters. The fraction of sp³-hybridized carbons (Fsp3) is 0.357. The molecule has 0 aliphatic heterocycles. The normalized spacial score (nSPS) is 19.0. The molecule has 7 nitrogen and oxygen atoms in total. The minimum absolute atomic E-state index is 0.0764. The van der Waals surface area contributed by atoms with Gasteiger partial charge in [0, 0.05) is 31.5 Å².